The van der Waals surface area contributed by atoms with Crippen molar-refractivity contribution in [3.05, 3.63) is 35.9 Å². The molecule has 1 saturated carbocycles. The minimum Gasteiger partial charge on any atom is -0.388 e. The number of alkyl halides is 3. The second-order valence-electron chi connectivity index (χ2n) is 6.37. The first-order valence-corrected chi connectivity index (χ1v) is 8.36. The van der Waals surface area contributed by atoms with Crippen LogP contribution >= 0.6 is 0 Å². The molecule has 0 saturated heterocycles. The van der Waals surface area contributed by atoms with E-state index < -0.39 is 17.7 Å². The van der Waals surface area contributed by atoms with Crippen molar-refractivity contribution in [2.75, 3.05) is 18.4 Å². The SMILES string of the molecule is O=C(NCC=Cc1cccc(NCC2(O)CCCCC2)c1)C(F)(F)F. The number of rotatable bonds is 6. The molecule has 0 aliphatic heterocycles. The van der Waals surface area contributed by atoms with Gasteiger partial charge >= 0.3 is 12.1 Å². The van der Waals surface area contributed by atoms with Crippen LogP contribution in [-0.4, -0.2) is 35.9 Å². The van der Waals surface area contributed by atoms with Gasteiger partial charge in [0.15, 0.2) is 0 Å². The number of anilines is 1. The summed E-state index contributed by atoms with van der Waals surface area (Å²) < 4.78 is 36.2. The first kappa shape index (κ1) is 19.3. The number of benzene rings is 1. The van der Waals surface area contributed by atoms with Crippen molar-refractivity contribution < 1.29 is 23.1 Å². The fourth-order valence-corrected chi connectivity index (χ4v) is 2.85. The zero-order valence-corrected chi connectivity index (χ0v) is 13.9. The van der Waals surface area contributed by atoms with Crippen molar-refractivity contribution >= 4 is 17.7 Å². The molecule has 0 unspecified atom stereocenters. The molecule has 4 nitrogen and oxygen atoms in total. The van der Waals surface area contributed by atoms with Crippen LogP contribution in [0.25, 0.3) is 6.08 Å². The highest BCUT2D eigenvalue weighted by molar-refractivity contribution is 5.81. The Morgan fingerprint density at radius 1 is 1.24 bits per heavy atom. The van der Waals surface area contributed by atoms with Gasteiger partial charge in [0.05, 0.1) is 5.60 Å². The van der Waals surface area contributed by atoms with Gasteiger partial charge in [-0.05, 0) is 30.5 Å². The van der Waals surface area contributed by atoms with E-state index in [2.05, 4.69) is 5.32 Å². The maximum atomic E-state index is 12.1. The monoisotopic (exact) mass is 356 g/mol. The third-order valence-electron chi connectivity index (χ3n) is 4.24. The average molecular weight is 356 g/mol. The van der Waals surface area contributed by atoms with Crippen LogP contribution in [0.2, 0.25) is 0 Å². The van der Waals surface area contributed by atoms with Gasteiger partial charge in [0, 0.05) is 18.8 Å². The van der Waals surface area contributed by atoms with Crippen LogP contribution in [0.3, 0.4) is 0 Å². The van der Waals surface area contributed by atoms with Gasteiger partial charge in [-0.2, -0.15) is 13.2 Å². The van der Waals surface area contributed by atoms with Gasteiger partial charge in [0.1, 0.15) is 0 Å². The maximum absolute atomic E-state index is 12.1. The van der Waals surface area contributed by atoms with Gasteiger partial charge < -0.3 is 15.7 Å². The van der Waals surface area contributed by atoms with Crippen molar-refractivity contribution in [1.29, 1.82) is 0 Å². The van der Waals surface area contributed by atoms with Crippen molar-refractivity contribution in [3.63, 3.8) is 0 Å². The lowest BCUT2D eigenvalue weighted by atomic mass is 9.85. The summed E-state index contributed by atoms with van der Waals surface area (Å²) >= 11 is 0. The number of hydrogen-bond donors (Lipinski definition) is 3. The Morgan fingerprint density at radius 2 is 1.96 bits per heavy atom. The van der Waals surface area contributed by atoms with Crippen molar-refractivity contribution in [2.24, 2.45) is 0 Å². The van der Waals surface area contributed by atoms with E-state index in [0.717, 1.165) is 43.4 Å². The summed E-state index contributed by atoms with van der Waals surface area (Å²) in [5.41, 5.74) is 0.953. The molecular weight excluding hydrogens is 333 g/mol. The summed E-state index contributed by atoms with van der Waals surface area (Å²) in [5, 5.41) is 15.5. The molecular formula is C18H23F3N2O2. The lowest BCUT2D eigenvalue weighted by Crippen LogP contribution is -2.38. The van der Waals surface area contributed by atoms with E-state index in [4.69, 9.17) is 0 Å². The first-order chi connectivity index (χ1) is 11.8. The topological polar surface area (TPSA) is 61.4 Å². The molecule has 2 rings (SSSR count). The van der Waals surface area contributed by atoms with Crippen LogP contribution in [-0.2, 0) is 4.79 Å². The molecule has 1 fully saturated rings. The van der Waals surface area contributed by atoms with E-state index in [1.807, 2.05) is 24.3 Å². The van der Waals surface area contributed by atoms with Gasteiger partial charge in [-0.15, -0.1) is 0 Å². The number of nitrogens with one attached hydrogen (secondary N) is 2. The average Bonchev–Trinajstić information content (AvgIpc) is 2.57. The number of carbonyl (C=O) groups excluding carboxylic acids is 1. The van der Waals surface area contributed by atoms with Crippen LogP contribution in [0.15, 0.2) is 30.3 Å². The second-order valence-corrected chi connectivity index (χ2v) is 6.37. The molecule has 1 aliphatic rings. The fourth-order valence-electron chi connectivity index (χ4n) is 2.85. The highest BCUT2D eigenvalue weighted by Gasteiger charge is 2.38. The summed E-state index contributed by atoms with van der Waals surface area (Å²) in [5.74, 6) is -1.95. The lowest BCUT2D eigenvalue weighted by Gasteiger charge is -2.32. The van der Waals surface area contributed by atoms with E-state index in [9.17, 15) is 23.1 Å². The number of aliphatic hydroxyl groups is 1. The summed E-state index contributed by atoms with van der Waals surface area (Å²) in [4.78, 5) is 10.7. The zero-order chi connectivity index (χ0) is 18.3. The molecule has 1 aromatic carbocycles. The summed E-state index contributed by atoms with van der Waals surface area (Å²) in [6.45, 7) is 0.275. The van der Waals surface area contributed by atoms with Gasteiger partial charge in [0.25, 0.3) is 0 Å². The van der Waals surface area contributed by atoms with Crippen LogP contribution in [0.1, 0.15) is 37.7 Å². The summed E-state index contributed by atoms with van der Waals surface area (Å²) in [6.07, 6.45) is 3.03. The molecule has 0 spiro atoms. The Kier molecular flexibility index (Phi) is 6.47. The number of halogens is 3. The predicted molar refractivity (Wildman–Crippen MR) is 91.1 cm³/mol. The van der Waals surface area contributed by atoms with E-state index in [1.54, 1.807) is 11.4 Å². The standard InChI is InChI=1S/C18H23F3N2O2/c19-18(20,21)16(24)22-11-5-7-14-6-4-8-15(12-14)23-13-17(25)9-2-1-3-10-17/h4-8,12,23,25H,1-3,9-11,13H2,(H,22,24). The van der Waals surface area contributed by atoms with E-state index in [1.165, 1.54) is 6.08 Å². The predicted octanol–water partition coefficient (Wildman–Crippen LogP) is 3.49. The summed E-state index contributed by atoms with van der Waals surface area (Å²) in [7, 11) is 0. The maximum Gasteiger partial charge on any atom is 0.471 e. The molecule has 7 heteroatoms. The minimum atomic E-state index is -4.86. The third-order valence-corrected chi connectivity index (χ3v) is 4.24. The molecule has 1 aromatic rings. The minimum absolute atomic E-state index is 0.199. The lowest BCUT2D eigenvalue weighted by molar-refractivity contribution is -0.173. The van der Waals surface area contributed by atoms with E-state index in [0.29, 0.717) is 6.54 Å². The number of hydrogen-bond acceptors (Lipinski definition) is 3. The van der Waals surface area contributed by atoms with Crippen LogP contribution in [0.5, 0.6) is 0 Å². The molecule has 25 heavy (non-hydrogen) atoms. The van der Waals surface area contributed by atoms with Crippen LogP contribution in [0.4, 0.5) is 18.9 Å². The van der Waals surface area contributed by atoms with Gasteiger partial charge in [-0.1, -0.05) is 43.5 Å². The molecule has 138 valence electrons. The van der Waals surface area contributed by atoms with Crippen molar-refractivity contribution in [3.8, 4) is 0 Å². The largest absolute Gasteiger partial charge is 0.471 e. The van der Waals surface area contributed by atoms with Gasteiger partial charge in [-0.25, -0.2) is 0 Å². The molecule has 3 N–H and O–H groups in total. The van der Waals surface area contributed by atoms with Gasteiger partial charge in [-0.3, -0.25) is 4.79 Å². The van der Waals surface area contributed by atoms with Crippen molar-refractivity contribution in [1.82, 2.24) is 5.32 Å². The van der Waals surface area contributed by atoms with Crippen molar-refractivity contribution in [2.45, 2.75) is 43.9 Å². The smallest absolute Gasteiger partial charge is 0.388 e. The first-order valence-electron chi connectivity index (χ1n) is 8.36. The Bertz CT molecular complexity index is 609. The Hall–Kier alpha value is -2.02. The second kappa shape index (κ2) is 8.38. The molecule has 1 amide bonds. The molecule has 0 radical (unpaired) electrons. The van der Waals surface area contributed by atoms with Crippen LogP contribution < -0.4 is 10.6 Å². The number of carbonyl (C=O) groups is 1. The molecule has 0 aromatic heterocycles. The third kappa shape index (κ3) is 6.42. The molecule has 0 bridgehead atoms. The normalized spacial score (nSPS) is 17.4. The molecule has 0 heterocycles. The van der Waals surface area contributed by atoms with Gasteiger partial charge in [0.2, 0.25) is 0 Å². The molecule has 0 atom stereocenters. The number of amides is 1. The highest BCUT2D eigenvalue weighted by atomic mass is 19.4. The highest BCUT2D eigenvalue weighted by Crippen LogP contribution is 2.28. The van der Waals surface area contributed by atoms with Crippen LogP contribution in [0, 0.1) is 0 Å². The Balaban J connectivity index is 1.84. The zero-order valence-electron chi connectivity index (χ0n) is 13.9. The summed E-state index contributed by atoms with van der Waals surface area (Å²) in [6, 6.07) is 7.34. The Morgan fingerprint density at radius 3 is 2.64 bits per heavy atom. The molecule has 1 aliphatic carbocycles. The quantitative estimate of drug-likeness (QED) is 0.731. The Labute approximate surface area is 145 Å². The van der Waals surface area contributed by atoms with E-state index >= 15 is 0 Å². The fraction of sp³-hybridized carbons (Fsp3) is 0.500. The van der Waals surface area contributed by atoms with E-state index in [-0.39, 0.29) is 6.54 Å².